The van der Waals surface area contributed by atoms with Crippen molar-refractivity contribution in [2.24, 2.45) is 0 Å². The van der Waals surface area contributed by atoms with Crippen LogP contribution in [0.25, 0.3) is 0 Å². The average Bonchev–Trinajstić information content (AvgIpc) is 2.18. The molecule has 4 heteroatoms. The Balaban J connectivity index is 4.11. The van der Waals surface area contributed by atoms with Crippen LogP contribution >= 0.6 is 7.14 Å². The van der Waals surface area contributed by atoms with Gasteiger partial charge in [0.2, 0.25) is 0 Å². The van der Waals surface area contributed by atoms with Crippen molar-refractivity contribution in [3.63, 3.8) is 0 Å². The van der Waals surface area contributed by atoms with E-state index < -0.39 is 13.1 Å². The van der Waals surface area contributed by atoms with Gasteiger partial charge in [-0.25, -0.2) is 0 Å². The minimum Gasteiger partial charge on any atom is -0.372 e. The molecule has 0 fully saturated rings. The zero-order chi connectivity index (χ0) is 11.0. The van der Waals surface area contributed by atoms with Crippen molar-refractivity contribution in [1.82, 2.24) is 0 Å². The third-order valence-corrected chi connectivity index (χ3v) is 5.12. The zero-order valence-electron chi connectivity index (χ0n) is 9.00. The maximum absolute atomic E-state index is 11.8. The van der Waals surface area contributed by atoms with E-state index in [1.54, 1.807) is 0 Å². The van der Waals surface area contributed by atoms with Crippen LogP contribution in [0, 0.1) is 12.0 Å². The fourth-order valence-corrected chi connectivity index (χ4v) is 2.31. The summed E-state index contributed by atoms with van der Waals surface area (Å²) in [5, 5.41) is 0. The standard InChI is InChI=1S/C10H17O3P/c1-4-7-8-13-10(11)9-14(12,5-2)6-3/h4-6,9H2,1-3H3. The Labute approximate surface area is 85.6 Å². The smallest absolute Gasteiger partial charge is 0.327 e. The minimum atomic E-state index is -2.33. The molecule has 0 saturated heterocycles. The second-order valence-electron chi connectivity index (χ2n) is 2.96. The van der Waals surface area contributed by atoms with Crippen molar-refractivity contribution < 1.29 is 14.1 Å². The highest BCUT2D eigenvalue weighted by Gasteiger charge is 2.22. The minimum absolute atomic E-state index is 0.0123. The number of carbonyl (C=O) groups excluding carboxylic acids is 1. The van der Waals surface area contributed by atoms with E-state index in [9.17, 15) is 9.36 Å². The van der Waals surface area contributed by atoms with E-state index >= 15 is 0 Å². The van der Waals surface area contributed by atoms with E-state index in [1.165, 1.54) is 0 Å². The van der Waals surface area contributed by atoms with Gasteiger partial charge in [-0.15, -0.1) is 0 Å². The molecule has 0 aromatic heterocycles. The second-order valence-corrected chi connectivity index (χ2v) is 6.65. The van der Waals surface area contributed by atoms with Crippen LogP contribution in [0.3, 0.4) is 0 Å². The molecule has 0 aliphatic rings. The quantitative estimate of drug-likeness (QED) is 0.411. The van der Waals surface area contributed by atoms with Gasteiger partial charge in [0.1, 0.15) is 12.3 Å². The summed E-state index contributed by atoms with van der Waals surface area (Å²) in [5.74, 6) is 2.14. The Bertz CT molecular complexity index is 277. The highest BCUT2D eigenvalue weighted by molar-refractivity contribution is 7.64. The van der Waals surface area contributed by atoms with Crippen LogP contribution in [-0.2, 0) is 14.1 Å². The largest absolute Gasteiger partial charge is 0.372 e. The second kappa shape index (κ2) is 6.68. The van der Waals surface area contributed by atoms with E-state index in [-0.39, 0.29) is 6.16 Å². The van der Waals surface area contributed by atoms with Gasteiger partial charge in [0, 0.05) is 6.42 Å². The summed E-state index contributed by atoms with van der Waals surface area (Å²) in [4.78, 5) is 11.2. The van der Waals surface area contributed by atoms with Gasteiger partial charge in [0.15, 0.2) is 0 Å². The molecule has 3 nitrogen and oxygen atoms in total. The molecular weight excluding hydrogens is 199 g/mol. The van der Waals surface area contributed by atoms with E-state index in [0.29, 0.717) is 18.7 Å². The highest BCUT2D eigenvalue weighted by atomic mass is 31.2. The Morgan fingerprint density at radius 3 is 2.29 bits per heavy atom. The molecule has 0 unspecified atom stereocenters. The topological polar surface area (TPSA) is 43.4 Å². The summed E-state index contributed by atoms with van der Waals surface area (Å²) in [7, 11) is -2.33. The SMILES string of the molecule is CCC#COC(=O)CP(=O)(CC)CC. The van der Waals surface area contributed by atoms with Gasteiger partial charge in [-0.3, -0.25) is 4.79 Å². The predicted octanol–water partition coefficient (Wildman–Crippen LogP) is 2.30. The van der Waals surface area contributed by atoms with Crippen LogP contribution in [0.5, 0.6) is 0 Å². The number of ether oxygens (including phenoxy) is 1. The molecule has 0 aromatic carbocycles. The van der Waals surface area contributed by atoms with Crippen molar-refractivity contribution in [2.45, 2.75) is 27.2 Å². The van der Waals surface area contributed by atoms with Crippen molar-refractivity contribution in [3.8, 4) is 12.0 Å². The third kappa shape index (κ3) is 5.09. The third-order valence-electron chi connectivity index (χ3n) is 1.98. The highest BCUT2D eigenvalue weighted by Crippen LogP contribution is 2.44. The van der Waals surface area contributed by atoms with Crippen LogP contribution in [0.1, 0.15) is 27.2 Å². The number of hydrogen-bond donors (Lipinski definition) is 0. The zero-order valence-corrected chi connectivity index (χ0v) is 9.89. The summed E-state index contributed by atoms with van der Waals surface area (Å²) in [5.41, 5.74) is 0. The van der Waals surface area contributed by atoms with Crippen LogP contribution < -0.4 is 0 Å². The first-order valence-electron chi connectivity index (χ1n) is 4.82. The lowest BCUT2D eigenvalue weighted by molar-refractivity contribution is -0.133. The van der Waals surface area contributed by atoms with Crippen molar-refractivity contribution in [3.05, 3.63) is 0 Å². The number of esters is 1. The lowest BCUT2D eigenvalue weighted by atomic mass is 10.5. The summed E-state index contributed by atoms with van der Waals surface area (Å²) in [6, 6.07) is 0. The Hall–Kier alpha value is -0.740. The maximum Gasteiger partial charge on any atom is 0.327 e. The molecule has 0 spiro atoms. The lowest BCUT2D eigenvalue weighted by Crippen LogP contribution is -2.09. The van der Waals surface area contributed by atoms with Crippen molar-refractivity contribution in [1.29, 1.82) is 0 Å². The molecule has 80 valence electrons. The Morgan fingerprint density at radius 2 is 1.86 bits per heavy atom. The van der Waals surface area contributed by atoms with Gasteiger partial charge in [-0.2, -0.15) is 0 Å². The number of carbonyl (C=O) groups is 1. The first-order chi connectivity index (χ1) is 6.58. The van der Waals surface area contributed by atoms with E-state index in [0.717, 1.165) is 0 Å². The number of rotatable bonds is 4. The van der Waals surface area contributed by atoms with E-state index in [1.807, 2.05) is 20.8 Å². The maximum atomic E-state index is 11.8. The monoisotopic (exact) mass is 216 g/mol. The molecule has 0 N–H and O–H groups in total. The fraction of sp³-hybridized carbons (Fsp3) is 0.700. The van der Waals surface area contributed by atoms with Gasteiger partial charge in [0.05, 0.1) is 7.14 Å². The summed E-state index contributed by atoms with van der Waals surface area (Å²) in [6.07, 6.45) is 4.03. The molecule has 0 aliphatic carbocycles. The molecule has 0 radical (unpaired) electrons. The van der Waals surface area contributed by atoms with Crippen LogP contribution in [-0.4, -0.2) is 24.5 Å². The molecule has 0 amide bonds. The van der Waals surface area contributed by atoms with Gasteiger partial charge in [0.25, 0.3) is 0 Å². The molecule has 0 atom stereocenters. The fourth-order valence-electron chi connectivity index (χ4n) is 0.880. The summed E-state index contributed by atoms with van der Waals surface area (Å²) < 4.78 is 16.5. The van der Waals surface area contributed by atoms with Gasteiger partial charge >= 0.3 is 5.97 Å². The molecule has 14 heavy (non-hydrogen) atoms. The van der Waals surface area contributed by atoms with Crippen molar-refractivity contribution in [2.75, 3.05) is 18.5 Å². The van der Waals surface area contributed by atoms with Gasteiger partial charge in [-0.1, -0.05) is 26.7 Å². The normalized spacial score (nSPS) is 10.2. The average molecular weight is 216 g/mol. The van der Waals surface area contributed by atoms with Crippen LogP contribution in [0.15, 0.2) is 0 Å². The lowest BCUT2D eigenvalue weighted by Gasteiger charge is -2.10. The Kier molecular flexibility index (Phi) is 6.32. The van der Waals surface area contributed by atoms with Crippen molar-refractivity contribution >= 4 is 13.1 Å². The predicted molar refractivity (Wildman–Crippen MR) is 57.7 cm³/mol. The van der Waals surface area contributed by atoms with Gasteiger partial charge < -0.3 is 9.30 Å². The molecule has 0 saturated carbocycles. The molecule has 0 bridgehead atoms. The summed E-state index contributed by atoms with van der Waals surface area (Å²) >= 11 is 0. The molecule has 0 rings (SSSR count). The molecule has 0 aliphatic heterocycles. The Morgan fingerprint density at radius 1 is 1.29 bits per heavy atom. The molecule has 0 heterocycles. The molecule has 0 aromatic rings. The van der Waals surface area contributed by atoms with Gasteiger partial charge in [-0.05, 0) is 12.3 Å². The van der Waals surface area contributed by atoms with Crippen LogP contribution in [0.2, 0.25) is 0 Å². The summed E-state index contributed by atoms with van der Waals surface area (Å²) in [6.45, 7) is 5.52. The van der Waals surface area contributed by atoms with Crippen LogP contribution in [0.4, 0.5) is 0 Å². The molecular formula is C10H17O3P. The number of hydrogen-bond acceptors (Lipinski definition) is 3. The first-order valence-corrected chi connectivity index (χ1v) is 7.08. The van der Waals surface area contributed by atoms with E-state index in [4.69, 9.17) is 0 Å². The first kappa shape index (κ1) is 13.3. The van der Waals surface area contributed by atoms with E-state index in [2.05, 4.69) is 16.8 Å².